The van der Waals surface area contributed by atoms with E-state index in [1.165, 1.54) is 0 Å². The van der Waals surface area contributed by atoms with Gasteiger partial charge in [-0.05, 0) is 30.9 Å². The summed E-state index contributed by atoms with van der Waals surface area (Å²) < 4.78 is 0. The molecule has 2 aromatic rings. The molecule has 2 atom stereocenters. The molecular weight excluding hydrogens is 250 g/mol. The predicted molar refractivity (Wildman–Crippen MR) is 79.2 cm³/mol. The SMILES string of the molecule is CC(CCc1cncnc1)NC[C@H](O)c1ccccc1. The number of rotatable bonds is 7. The fourth-order valence-corrected chi connectivity index (χ4v) is 2.05. The molecule has 0 amide bonds. The first-order chi connectivity index (χ1) is 9.75. The first-order valence-corrected chi connectivity index (χ1v) is 6.96. The zero-order valence-corrected chi connectivity index (χ0v) is 11.7. The summed E-state index contributed by atoms with van der Waals surface area (Å²) in [6.45, 7) is 2.69. The van der Waals surface area contributed by atoms with Crippen LogP contribution in [-0.2, 0) is 6.42 Å². The van der Waals surface area contributed by atoms with E-state index in [9.17, 15) is 5.11 Å². The summed E-state index contributed by atoms with van der Waals surface area (Å²) >= 11 is 0. The molecule has 2 rings (SSSR count). The Morgan fingerprint density at radius 3 is 2.55 bits per heavy atom. The van der Waals surface area contributed by atoms with Gasteiger partial charge >= 0.3 is 0 Å². The molecule has 0 saturated carbocycles. The average Bonchev–Trinajstić information content (AvgIpc) is 2.52. The van der Waals surface area contributed by atoms with Crippen molar-refractivity contribution in [2.24, 2.45) is 0 Å². The Hall–Kier alpha value is -1.78. The maximum absolute atomic E-state index is 10.1. The van der Waals surface area contributed by atoms with E-state index >= 15 is 0 Å². The lowest BCUT2D eigenvalue weighted by Crippen LogP contribution is -2.30. The second kappa shape index (κ2) is 7.72. The van der Waals surface area contributed by atoms with Crippen LogP contribution in [0.2, 0.25) is 0 Å². The van der Waals surface area contributed by atoms with E-state index in [1.54, 1.807) is 6.33 Å². The van der Waals surface area contributed by atoms with Crippen LogP contribution in [-0.4, -0.2) is 27.7 Å². The van der Waals surface area contributed by atoms with E-state index in [0.717, 1.165) is 24.0 Å². The topological polar surface area (TPSA) is 58.0 Å². The zero-order chi connectivity index (χ0) is 14.2. The smallest absolute Gasteiger partial charge is 0.115 e. The van der Waals surface area contributed by atoms with Crippen LogP contribution in [0.15, 0.2) is 49.1 Å². The molecule has 0 aliphatic carbocycles. The van der Waals surface area contributed by atoms with E-state index in [-0.39, 0.29) is 0 Å². The number of aryl methyl sites for hydroxylation is 1. The number of hydrogen-bond acceptors (Lipinski definition) is 4. The van der Waals surface area contributed by atoms with Gasteiger partial charge in [-0.2, -0.15) is 0 Å². The summed E-state index contributed by atoms with van der Waals surface area (Å²) in [5.74, 6) is 0. The Labute approximate surface area is 119 Å². The molecule has 0 saturated heterocycles. The Morgan fingerprint density at radius 1 is 1.15 bits per heavy atom. The van der Waals surface area contributed by atoms with E-state index in [4.69, 9.17) is 0 Å². The van der Waals surface area contributed by atoms with Gasteiger partial charge in [0, 0.05) is 25.0 Å². The summed E-state index contributed by atoms with van der Waals surface area (Å²) in [7, 11) is 0. The van der Waals surface area contributed by atoms with Crippen LogP contribution in [0.1, 0.15) is 30.6 Å². The third-order valence-corrected chi connectivity index (χ3v) is 3.32. The number of aliphatic hydroxyl groups is 1. The minimum atomic E-state index is -0.460. The van der Waals surface area contributed by atoms with Crippen LogP contribution < -0.4 is 5.32 Å². The first-order valence-electron chi connectivity index (χ1n) is 6.96. The summed E-state index contributed by atoms with van der Waals surface area (Å²) in [5.41, 5.74) is 2.09. The van der Waals surface area contributed by atoms with Gasteiger partial charge in [-0.3, -0.25) is 0 Å². The molecule has 2 N–H and O–H groups in total. The number of benzene rings is 1. The minimum Gasteiger partial charge on any atom is -0.387 e. The molecule has 106 valence electrons. The highest BCUT2D eigenvalue weighted by molar-refractivity contribution is 5.17. The van der Waals surface area contributed by atoms with Gasteiger partial charge in [-0.25, -0.2) is 9.97 Å². The molecule has 0 bridgehead atoms. The minimum absolute atomic E-state index is 0.341. The van der Waals surface area contributed by atoms with Crippen LogP contribution in [0.3, 0.4) is 0 Å². The zero-order valence-electron chi connectivity index (χ0n) is 11.7. The monoisotopic (exact) mass is 271 g/mol. The van der Waals surface area contributed by atoms with Gasteiger partial charge in [-0.15, -0.1) is 0 Å². The highest BCUT2D eigenvalue weighted by atomic mass is 16.3. The van der Waals surface area contributed by atoms with Crippen molar-refractivity contribution in [2.75, 3.05) is 6.54 Å². The lowest BCUT2D eigenvalue weighted by Gasteiger charge is -2.17. The summed E-state index contributed by atoms with van der Waals surface area (Å²) in [5, 5.41) is 13.4. The van der Waals surface area contributed by atoms with Crippen LogP contribution >= 0.6 is 0 Å². The quantitative estimate of drug-likeness (QED) is 0.810. The van der Waals surface area contributed by atoms with Gasteiger partial charge < -0.3 is 10.4 Å². The standard InChI is InChI=1S/C16H21N3O/c1-13(7-8-14-9-17-12-18-10-14)19-11-16(20)15-5-3-2-4-6-15/h2-6,9-10,12-13,16,19-20H,7-8,11H2,1H3/t13?,16-/m0/s1. The van der Waals surface area contributed by atoms with Gasteiger partial charge in [0.15, 0.2) is 0 Å². The molecule has 0 fully saturated rings. The Morgan fingerprint density at radius 2 is 1.85 bits per heavy atom. The van der Waals surface area contributed by atoms with Crippen molar-refractivity contribution in [1.29, 1.82) is 0 Å². The predicted octanol–water partition coefficient (Wildman–Crippen LogP) is 2.12. The second-order valence-electron chi connectivity index (χ2n) is 5.02. The lowest BCUT2D eigenvalue weighted by molar-refractivity contribution is 0.170. The third-order valence-electron chi connectivity index (χ3n) is 3.32. The molecule has 4 nitrogen and oxygen atoms in total. The average molecular weight is 271 g/mol. The van der Waals surface area contributed by atoms with Crippen molar-refractivity contribution >= 4 is 0 Å². The van der Waals surface area contributed by atoms with E-state index in [1.807, 2.05) is 42.7 Å². The Kier molecular flexibility index (Phi) is 5.65. The van der Waals surface area contributed by atoms with Crippen molar-refractivity contribution < 1.29 is 5.11 Å². The molecule has 1 aromatic heterocycles. The number of nitrogens with one attached hydrogen (secondary N) is 1. The second-order valence-corrected chi connectivity index (χ2v) is 5.02. The van der Waals surface area contributed by atoms with Crippen molar-refractivity contribution in [2.45, 2.75) is 31.9 Å². The van der Waals surface area contributed by atoms with E-state index < -0.39 is 6.10 Å². The van der Waals surface area contributed by atoms with Crippen molar-refractivity contribution in [3.05, 3.63) is 60.2 Å². The largest absolute Gasteiger partial charge is 0.387 e. The summed E-state index contributed by atoms with van der Waals surface area (Å²) in [6.07, 6.45) is 6.71. The van der Waals surface area contributed by atoms with Crippen LogP contribution in [0.4, 0.5) is 0 Å². The molecule has 0 spiro atoms. The summed E-state index contributed by atoms with van der Waals surface area (Å²) in [4.78, 5) is 8.01. The van der Waals surface area contributed by atoms with Gasteiger partial charge in [0.2, 0.25) is 0 Å². The number of aliphatic hydroxyl groups excluding tert-OH is 1. The number of aromatic nitrogens is 2. The molecule has 1 heterocycles. The van der Waals surface area contributed by atoms with Gasteiger partial charge in [-0.1, -0.05) is 30.3 Å². The highest BCUT2D eigenvalue weighted by Crippen LogP contribution is 2.11. The molecule has 1 unspecified atom stereocenters. The summed E-state index contributed by atoms with van der Waals surface area (Å²) in [6, 6.07) is 10.1. The van der Waals surface area contributed by atoms with Gasteiger partial charge in [0.05, 0.1) is 6.10 Å². The fourth-order valence-electron chi connectivity index (χ4n) is 2.05. The highest BCUT2D eigenvalue weighted by Gasteiger charge is 2.09. The van der Waals surface area contributed by atoms with Crippen molar-refractivity contribution in [1.82, 2.24) is 15.3 Å². The van der Waals surface area contributed by atoms with Crippen molar-refractivity contribution in [3.63, 3.8) is 0 Å². The van der Waals surface area contributed by atoms with Crippen LogP contribution in [0.25, 0.3) is 0 Å². The lowest BCUT2D eigenvalue weighted by atomic mass is 10.1. The Bertz CT molecular complexity index is 490. The molecule has 20 heavy (non-hydrogen) atoms. The third kappa shape index (κ3) is 4.72. The Balaban J connectivity index is 1.71. The molecule has 1 aromatic carbocycles. The van der Waals surface area contributed by atoms with E-state index in [2.05, 4.69) is 22.2 Å². The molecular formula is C16H21N3O. The first kappa shape index (κ1) is 14.6. The fraction of sp³-hybridized carbons (Fsp3) is 0.375. The normalized spacial score (nSPS) is 13.9. The van der Waals surface area contributed by atoms with E-state index in [0.29, 0.717) is 12.6 Å². The number of hydrogen-bond donors (Lipinski definition) is 2. The van der Waals surface area contributed by atoms with Gasteiger partial charge in [0.25, 0.3) is 0 Å². The molecule has 0 aliphatic rings. The van der Waals surface area contributed by atoms with Crippen molar-refractivity contribution in [3.8, 4) is 0 Å². The molecule has 0 aliphatic heterocycles. The van der Waals surface area contributed by atoms with Crippen LogP contribution in [0.5, 0.6) is 0 Å². The molecule has 0 radical (unpaired) electrons. The number of nitrogens with zero attached hydrogens (tertiary/aromatic N) is 2. The maximum atomic E-state index is 10.1. The van der Waals surface area contributed by atoms with Crippen LogP contribution in [0, 0.1) is 0 Å². The van der Waals surface area contributed by atoms with Gasteiger partial charge in [0.1, 0.15) is 6.33 Å². The molecule has 4 heteroatoms. The maximum Gasteiger partial charge on any atom is 0.115 e.